The number of hydrogen-bond acceptors (Lipinski definition) is 6. The second-order valence-electron chi connectivity index (χ2n) is 5.08. The van der Waals surface area contributed by atoms with Crippen LogP contribution in [0.5, 0.6) is 0 Å². The normalized spacial score (nSPS) is 22.5. The summed E-state index contributed by atoms with van der Waals surface area (Å²) in [5.41, 5.74) is 0.109. The van der Waals surface area contributed by atoms with Crippen molar-refractivity contribution >= 4 is 22.0 Å². The van der Waals surface area contributed by atoms with Crippen LogP contribution in [-0.4, -0.2) is 47.7 Å². The minimum absolute atomic E-state index is 0.109. The molecule has 1 aliphatic rings. The highest BCUT2D eigenvalue weighted by molar-refractivity contribution is 7.16. The number of anilines is 1. The first kappa shape index (κ1) is 14.2. The van der Waals surface area contributed by atoms with E-state index in [0.717, 1.165) is 19.6 Å². The molecule has 2 heterocycles. The molecule has 0 aromatic carbocycles. The zero-order valence-electron chi connectivity index (χ0n) is 11.4. The van der Waals surface area contributed by atoms with Gasteiger partial charge in [0.25, 0.3) is 0 Å². The third-order valence-corrected chi connectivity index (χ3v) is 4.74. The van der Waals surface area contributed by atoms with Gasteiger partial charge < -0.3 is 14.9 Å². The van der Waals surface area contributed by atoms with Gasteiger partial charge in [0, 0.05) is 36.6 Å². The summed E-state index contributed by atoms with van der Waals surface area (Å²) in [6.07, 6.45) is -0.666. The largest absolute Gasteiger partial charge is 0.388 e. The summed E-state index contributed by atoms with van der Waals surface area (Å²) in [7, 11) is 2.05. The molecule has 1 aromatic heterocycles. The van der Waals surface area contributed by atoms with Gasteiger partial charge in [-0.15, -0.1) is 11.3 Å². The van der Waals surface area contributed by atoms with E-state index in [4.69, 9.17) is 0 Å². The quantitative estimate of drug-likeness (QED) is 0.678. The average Bonchev–Trinajstić information content (AvgIpc) is 2.73. The third kappa shape index (κ3) is 2.88. The molecule has 19 heavy (non-hydrogen) atoms. The van der Waals surface area contributed by atoms with Crippen LogP contribution in [0, 0.1) is 10.1 Å². The molecule has 2 rings (SSSR count). The molecular formula is C12H19N3O3S. The molecular weight excluding hydrogens is 266 g/mol. The third-order valence-electron chi connectivity index (χ3n) is 3.41. The van der Waals surface area contributed by atoms with E-state index in [2.05, 4.69) is 23.8 Å². The highest BCUT2D eigenvalue weighted by Gasteiger charge is 2.30. The Morgan fingerprint density at radius 2 is 2.26 bits per heavy atom. The summed E-state index contributed by atoms with van der Waals surface area (Å²) in [5, 5.41) is 21.4. The number of rotatable bonds is 3. The van der Waals surface area contributed by atoms with E-state index in [0.29, 0.717) is 9.88 Å². The highest BCUT2D eigenvalue weighted by atomic mass is 32.1. The molecule has 7 heteroatoms. The molecule has 1 N–H and O–H groups in total. The van der Waals surface area contributed by atoms with Crippen molar-refractivity contribution in [1.82, 2.24) is 4.90 Å². The summed E-state index contributed by atoms with van der Waals surface area (Å²) in [6.45, 7) is 6.26. The second kappa shape index (κ2) is 5.44. The van der Waals surface area contributed by atoms with Crippen LogP contribution in [0.2, 0.25) is 0 Å². The van der Waals surface area contributed by atoms with Crippen molar-refractivity contribution < 1.29 is 10.0 Å². The van der Waals surface area contributed by atoms with Crippen LogP contribution in [0.25, 0.3) is 0 Å². The molecule has 0 spiro atoms. The van der Waals surface area contributed by atoms with E-state index in [1.807, 2.05) is 0 Å². The summed E-state index contributed by atoms with van der Waals surface area (Å²) in [6, 6.07) is 1.73. The van der Waals surface area contributed by atoms with Gasteiger partial charge in [-0.05, 0) is 20.9 Å². The van der Waals surface area contributed by atoms with E-state index < -0.39 is 6.10 Å². The Hall–Kier alpha value is -1.18. The van der Waals surface area contributed by atoms with E-state index in [1.165, 1.54) is 17.4 Å². The minimum Gasteiger partial charge on any atom is -0.388 e. The predicted molar refractivity (Wildman–Crippen MR) is 75.9 cm³/mol. The molecule has 2 atom stereocenters. The lowest BCUT2D eigenvalue weighted by Crippen LogP contribution is -2.50. The Kier molecular flexibility index (Phi) is 4.07. The van der Waals surface area contributed by atoms with E-state index >= 15 is 0 Å². The zero-order chi connectivity index (χ0) is 14.2. The number of thiophene rings is 1. The second-order valence-corrected chi connectivity index (χ2v) is 6.14. The smallest absolute Gasteiger partial charge is 0.304 e. The molecule has 0 radical (unpaired) electrons. The zero-order valence-corrected chi connectivity index (χ0v) is 12.2. The van der Waals surface area contributed by atoms with Crippen LogP contribution in [0.15, 0.2) is 6.07 Å². The molecule has 0 amide bonds. The van der Waals surface area contributed by atoms with Crippen LogP contribution in [0.3, 0.4) is 0 Å². The van der Waals surface area contributed by atoms with Gasteiger partial charge in [-0.2, -0.15) is 0 Å². The predicted octanol–water partition coefficient (Wildman–Crippen LogP) is 1.85. The van der Waals surface area contributed by atoms with Gasteiger partial charge in [-0.3, -0.25) is 10.1 Å². The van der Waals surface area contributed by atoms with Gasteiger partial charge >= 0.3 is 5.69 Å². The number of hydrogen-bond donors (Lipinski definition) is 1. The Balaban J connectivity index is 2.35. The van der Waals surface area contributed by atoms with E-state index in [-0.39, 0.29) is 16.7 Å². The average molecular weight is 285 g/mol. The Labute approximate surface area is 116 Å². The SMILES string of the molecule is CC(O)c1cc([N+](=O)[O-])c(N2CCN(C)CC2C)s1. The molecule has 2 unspecified atom stereocenters. The topological polar surface area (TPSA) is 69.8 Å². The Bertz CT molecular complexity index is 475. The van der Waals surface area contributed by atoms with Crippen LogP contribution >= 0.6 is 11.3 Å². The molecule has 0 aliphatic carbocycles. The van der Waals surface area contributed by atoms with Crippen molar-refractivity contribution in [3.05, 3.63) is 21.1 Å². The lowest BCUT2D eigenvalue weighted by Gasteiger charge is -2.38. The van der Waals surface area contributed by atoms with Gasteiger partial charge in [0.2, 0.25) is 0 Å². The highest BCUT2D eigenvalue weighted by Crippen LogP contribution is 2.41. The molecule has 6 nitrogen and oxygen atoms in total. The maximum atomic E-state index is 11.2. The van der Waals surface area contributed by atoms with E-state index in [1.54, 1.807) is 6.92 Å². The summed E-state index contributed by atoms with van der Waals surface area (Å²) in [4.78, 5) is 15.7. The molecule has 1 fully saturated rings. The van der Waals surface area contributed by atoms with E-state index in [9.17, 15) is 15.2 Å². The summed E-state index contributed by atoms with van der Waals surface area (Å²) >= 11 is 1.32. The number of nitro groups is 1. The first-order valence-corrected chi connectivity index (χ1v) is 7.13. The fraction of sp³-hybridized carbons (Fsp3) is 0.667. The van der Waals surface area contributed by atoms with Gasteiger partial charge in [0.15, 0.2) is 5.00 Å². The Morgan fingerprint density at radius 1 is 1.58 bits per heavy atom. The Morgan fingerprint density at radius 3 is 2.79 bits per heavy atom. The van der Waals surface area contributed by atoms with Crippen molar-refractivity contribution in [1.29, 1.82) is 0 Å². The monoisotopic (exact) mass is 285 g/mol. The first-order chi connectivity index (χ1) is 8.90. The van der Waals surface area contributed by atoms with Crippen molar-refractivity contribution in [2.75, 3.05) is 31.6 Å². The van der Waals surface area contributed by atoms with Crippen molar-refractivity contribution in [2.24, 2.45) is 0 Å². The molecule has 1 aromatic rings. The molecule has 106 valence electrons. The van der Waals surface area contributed by atoms with Crippen LogP contribution in [0.4, 0.5) is 10.7 Å². The fourth-order valence-electron chi connectivity index (χ4n) is 2.37. The van der Waals surface area contributed by atoms with Crippen molar-refractivity contribution in [3.63, 3.8) is 0 Å². The molecule has 0 saturated carbocycles. The minimum atomic E-state index is -0.666. The van der Waals surface area contributed by atoms with Crippen molar-refractivity contribution in [3.8, 4) is 0 Å². The maximum Gasteiger partial charge on any atom is 0.304 e. The van der Waals surface area contributed by atoms with Crippen molar-refractivity contribution in [2.45, 2.75) is 26.0 Å². The number of piperazine rings is 1. The van der Waals surface area contributed by atoms with Gasteiger partial charge in [0.05, 0.1) is 11.0 Å². The fourth-order valence-corrected chi connectivity index (χ4v) is 3.56. The van der Waals surface area contributed by atoms with Crippen LogP contribution in [-0.2, 0) is 0 Å². The van der Waals surface area contributed by atoms with Gasteiger partial charge in [-0.25, -0.2) is 0 Å². The number of nitrogens with zero attached hydrogens (tertiary/aromatic N) is 3. The maximum absolute atomic E-state index is 11.2. The van der Waals surface area contributed by atoms with Gasteiger partial charge in [0.1, 0.15) is 0 Å². The molecule has 1 aliphatic heterocycles. The molecule has 0 bridgehead atoms. The molecule has 1 saturated heterocycles. The number of aliphatic hydroxyl groups excluding tert-OH is 1. The van der Waals surface area contributed by atoms with Crippen LogP contribution in [0.1, 0.15) is 24.8 Å². The van der Waals surface area contributed by atoms with Crippen LogP contribution < -0.4 is 4.90 Å². The lowest BCUT2D eigenvalue weighted by molar-refractivity contribution is -0.383. The number of likely N-dealkylation sites (N-methyl/N-ethyl adjacent to an activating group) is 1. The standard InChI is InChI=1S/C12H19N3O3S/c1-8-7-13(3)4-5-14(8)12-10(15(17)18)6-11(19-12)9(2)16/h6,8-9,16H,4-5,7H2,1-3H3. The van der Waals surface area contributed by atoms with Gasteiger partial charge in [-0.1, -0.05) is 0 Å². The number of aliphatic hydroxyl groups is 1. The lowest BCUT2D eigenvalue weighted by atomic mass is 10.2. The summed E-state index contributed by atoms with van der Waals surface area (Å²) < 4.78 is 0. The first-order valence-electron chi connectivity index (χ1n) is 6.31. The summed E-state index contributed by atoms with van der Waals surface area (Å²) in [5.74, 6) is 0.